The minimum absolute atomic E-state index is 0.240. The molecule has 0 aliphatic rings. The largest absolute Gasteiger partial charge is 0.329 e. The number of fused-ring (bicyclic) bond motifs is 1. The molecular weight excluding hydrogens is 396 g/mol. The normalized spacial score (nSPS) is 12.6. The number of hydrogen-bond donors (Lipinski definition) is 1. The molecule has 3 heterocycles. The van der Waals surface area contributed by atoms with E-state index in [9.17, 15) is 9.59 Å². The summed E-state index contributed by atoms with van der Waals surface area (Å²) in [5.74, 6) is 1.03. The summed E-state index contributed by atoms with van der Waals surface area (Å²) in [4.78, 5) is 38.8. The maximum atomic E-state index is 12.2. The van der Waals surface area contributed by atoms with Crippen LogP contribution in [0.4, 0.5) is 0 Å². The highest BCUT2D eigenvalue weighted by Gasteiger charge is 2.17. The number of thioether (sulfide) groups is 1. The number of rotatable bonds is 5. The second kappa shape index (κ2) is 6.89. The minimum atomic E-state index is -0.477. The van der Waals surface area contributed by atoms with Gasteiger partial charge in [0.1, 0.15) is 0 Å². The fourth-order valence-corrected chi connectivity index (χ4v) is 3.62. The van der Waals surface area contributed by atoms with Crippen molar-refractivity contribution in [2.45, 2.75) is 18.6 Å². The molecule has 0 saturated carbocycles. The van der Waals surface area contributed by atoms with E-state index < -0.39 is 11.2 Å². The second-order valence-electron chi connectivity index (χ2n) is 5.43. The molecule has 1 N–H and O–H groups in total. The lowest BCUT2D eigenvalue weighted by molar-refractivity contribution is 0.532. The molecule has 0 fully saturated rings. The number of aromatic nitrogens is 6. The Balaban J connectivity index is 1.85. The van der Waals surface area contributed by atoms with E-state index >= 15 is 0 Å². The van der Waals surface area contributed by atoms with E-state index in [2.05, 4.69) is 42.8 Å². The third-order valence-corrected chi connectivity index (χ3v) is 5.30. The van der Waals surface area contributed by atoms with Crippen LogP contribution in [-0.4, -0.2) is 34.8 Å². The fraction of sp³-hybridized carbons (Fsp3) is 0.357. The van der Waals surface area contributed by atoms with Gasteiger partial charge >= 0.3 is 5.69 Å². The van der Waals surface area contributed by atoms with Gasteiger partial charge in [-0.2, -0.15) is 0 Å². The van der Waals surface area contributed by atoms with Crippen LogP contribution in [-0.2, 0) is 13.6 Å². The molecule has 0 unspecified atom stereocenters. The van der Waals surface area contributed by atoms with Gasteiger partial charge in [-0.15, -0.1) is 0 Å². The molecule has 0 aliphatic carbocycles. The van der Waals surface area contributed by atoms with Gasteiger partial charge in [-0.1, -0.05) is 18.7 Å². The first-order valence-corrected chi connectivity index (χ1v) is 9.00. The first kappa shape index (κ1) is 16.9. The number of H-pyrrole nitrogens is 1. The molecule has 10 heteroatoms. The van der Waals surface area contributed by atoms with Crippen LogP contribution in [0.1, 0.15) is 6.92 Å². The Hall–Kier alpha value is -1.94. The first-order valence-electron chi connectivity index (χ1n) is 7.22. The van der Waals surface area contributed by atoms with Crippen molar-refractivity contribution in [2.75, 3.05) is 5.75 Å². The van der Waals surface area contributed by atoms with Crippen LogP contribution < -0.4 is 11.2 Å². The highest BCUT2D eigenvalue weighted by molar-refractivity contribution is 9.10. The Morgan fingerprint density at radius 2 is 2.04 bits per heavy atom. The lowest BCUT2D eigenvalue weighted by Gasteiger charge is -2.12. The summed E-state index contributed by atoms with van der Waals surface area (Å²) in [6.45, 7) is 2.66. The van der Waals surface area contributed by atoms with Gasteiger partial charge in [-0.05, 0) is 27.9 Å². The highest BCUT2D eigenvalue weighted by atomic mass is 79.9. The van der Waals surface area contributed by atoms with Gasteiger partial charge in [-0.25, -0.2) is 19.7 Å². The molecule has 0 saturated heterocycles. The van der Waals surface area contributed by atoms with E-state index in [1.807, 2.05) is 0 Å². The van der Waals surface area contributed by atoms with Gasteiger partial charge in [0.05, 0.1) is 0 Å². The van der Waals surface area contributed by atoms with Crippen LogP contribution in [0.25, 0.3) is 11.2 Å². The van der Waals surface area contributed by atoms with Crippen molar-refractivity contribution in [3.05, 3.63) is 44.0 Å². The van der Waals surface area contributed by atoms with Crippen molar-refractivity contribution in [2.24, 2.45) is 13.0 Å². The molecule has 8 nitrogen and oxygen atoms in total. The van der Waals surface area contributed by atoms with E-state index in [1.165, 1.54) is 4.57 Å². The van der Waals surface area contributed by atoms with Gasteiger partial charge in [0.2, 0.25) is 0 Å². The monoisotopic (exact) mass is 410 g/mol. The number of hydrogen-bond acceptors (Lipinski definition) is 6. The maximum absolute atomic E-state index is 12.2. The molecule has 126 valence electrons. The molecule has 0 amide bonds. The van der Waals surface area contributed by atoms with Crippen LogP contribution in [0.15, 0.2) is 37.9 Å². The standard InChI is InChI=1S/C14H15BrN6O2S/c1-8(7-24-13-16-4-3-5-17-13)6-21-9-10(18-12(21)15)20(2)14(23)19-11(9)22/h3-5,8H,6-7H2,1-2H3,(H,19,22,23)/t8-/m0/s1. The van der Waals surface area contributed by atoms with E-state index in [0.29, 0.717) is 22.4 Å². The summed E-state index contributed by atoms with van der Waals surface area (Å²) < 4.78 is 3.64. The highest BCUT2D eigenvalue weighted by Crippen LogP contribution is 2.21. The summed E-state index contributed by atoms with van der Waals surface area (Å²) in [5.41, 5.74) is -0.161. The summed E-state index contributed by atoms with van der Waals surface area (Å²) in [7, 11) is 1.58. The number of aromatic amines is 1. The molecule has 3 rings (SSSR count). The zero-order valence-corrected chi connectivity index (χ0v) is 15.5. The topological polar surface area (TPSA) is 98.5 Å². The van der Waals surface area contributed by atoms with E-state index in [4.69, 9.17) is 0 Å². The zero-order valence-electron chi connectivity index (χ0n) is 13.1. The van der Waals surface area contributed by atoms with Crippen molar-refractivity contribution in [3.8, 4) is 0 Å². The Bertz CT molecular complexity index is 981. The third-order valence-electron chi connectivity index (χ3n) is 3.49. The lowest BCUT2D eigenvalue weighted by atomic mass is 10.2. The van der Waals surface area contributed by atoms with E-state index in [-0.39, 0.29) is 5.92 Å². The van der Waals surface area contributed by atoms with Gasteiger partial charge in [0.25, 0.3) is 5.56 Å². The number of nitrogens with zero attached hydrogens (tertiary/aromatic N) is 5. The second-order valence-corrected chi connectivity index (χ2v) is 7.13. The average Bonchev–Trinajstić information content (AvgIpc) is 2.89. The molecular formula is C14H15BrN6O2S. The van der Waals surface area contributed by atoms with Crippen LogP contribution in [0.5, 0.6) is 0 Å². The SMILES string of the molecule is C[C@H](CSc1ncccn1)Cn1c(Br)nc2c1c(=O)[nH]c(=O)n2C. The van der Waals surface area contributed by atoms with Crippen LogP contribution in [0.3, 0.4) is 0 Å². The zero-order chi connectivity index (χ0) is 17.3. The summed E-state index contributed by atoms with van der Waals surface area (Å²) in [6, 6.07) is 1.78. The molecule has 3 aromatic heterocycles. The van der Waals surface area contributed by atoms with E-state index in [1.54, 1.807) is 41.8 Å². The minimum Gasteiger partial charge on any atom is -0.312 e. The number of imidazole rings is 1. The van der Waals surface area contributed by atoms with Crippen molar-refractivity contribution in [1.82, 2.24) is 29.1 Å². The molecule has 0 aliphatic heterocycles. The lowest BCUT2D eigenvalue weighted by Crippen LogP contribution is -2.29. The predicted octanol–water partition coefficient (Wildman–Crippen LogP) is 1.40. The predicted molar refractivity (Wildman–Crippen MR) is 95.2 cm³/mol. The van der Waals surface area contributed by atoms with Crippen molar-refractivity contribution >= 4 is 38.9 Å². The first-order chi connectivity index (χ1) is 11.5. The number of aryl methyl sites for hydroxylation is 1. The summed E-state index contributed by atoms with van der Waals surface area (Å²) >= 11 is 4.94. The van der Waals surface area contributed by atoms with Crippen LogP contribution >= 0.6 is 27.7 Å². The molecule has 3 aromatic rings. The molecule has 0 spiro atoms. The van der Waals surface area contributed by atoms with Crippen molar-refractivity contribution in [3.63, 3.8) is 0 Å². The van der Waals surface area contributed by atoms with Gasteiger partial charge < -0.3 is 4.57 Å². The third kappa shape index (κ3) is 3.29. The number of nitrogens with one attached hydrogen (secondary N) is 1. The van der Waals surface area contributed by atoms with Crippen LogP contribution in [0, 0.1) is 5.92 Å². The Kier molecular flexibility index (Phi) is 4.86. The fourth-order valence-electron chi connectivity index (χ4n) is 2.32. The molecule has 0 aromatic carbocycles. The Morgan fingerprint density at radius 3 is 2.75 bits per heavy atom. The van der Waals surface area contributed by atoms with Gasteiger partial charge in [0.15, 0.2) is 21.1 Å². The quantitative estimate of drug-likeness (QED) is 0.387. The smallest absolute Gasteiger partial charge is 0.312 e. The van der Waals surface area contributed by atoms with E-state index in [0.717, 1.165) is 10.9 Å². The van der Waals surface area contributed by atoms with Crippen LogP contribution in [0.2, 0.25) is 0 Å². The number of halogens is 1. The molecule has 0 radical (unpaired) electrons. The van der Waals surface area contributed by atoms with Crippen molar-refractivity contribution in [1.29, 1.82) is 0 Å². The Labute approximate surface area is 149 Å². The molecule has 1 atom stereocenters. The maximum Gasteiger partial charge on any atom is 0.329 e. The molecule has 24 heavy (non-hydrogen) atoms. The summed E-state index contributed by atoms with van der Waals surface area (Å²) in [6.07, 6.45) is 3.42. The average molecular weight is 411 g/mol. The molecule has 0 bridgehead atoms. The van der Waals surface area contributed by atoms with Gasteiger partial charge in [-0.3, -0.25) is 14.3 Å². The Morgan fingerprint density at radius 1 is 1.33 bits per heavy atom. The summed E-state index contributed by atoms with van der Waals surface area (Å²) in [5, 5.41) is 0.721. The van der Waals surface area contributed by atoms with Crippen molar-refractivity contribution < 1.29 is 0 Å². The van der Waals surface area contributed by atoms with Gasteiger partial charge in [0, 0.05) is 31.7 Å².